The Hall–Kier alpha value is -3.28. The van der Waals surface area contributed by atoms with Gasteiger partial charge in [0.15, 0.2) is 0 Å². The first kappa shape index (κ1) is 27.0. The third-order valence-corrected chi connectivity index (χ3v) is 5.17. The minimum Gasteiger partial charge on any atom is -0.480 e. The fraction of sp³-hybridized carbons (Fsp3) is 0.261. The normalized spacial score (nSPS) is 11.9. The van der Waals surface area contributed by atoms with Crippen LogP contribution in [-0.4, -0.2) is 68.7 Å². The van der Waals surface area contributed by atoms with E-state index in [-0.39, 0.29) is 12.0 Å². The summed E-state index contributed by atoms with van der Waals surface area (Å²) in [4.78, 5) is 38.5. The van der Waals surface area contributed by atoms with E-state index >= 15 is 0 Å². The summed E-state index contributed by atoms with van der Waals surface area (Å²) in [7, 11) is 0. The lowest BCUT2D eigenvalue weighted by Crippen LogP contribution is -2.50. The number of aliphatic hydroxyl groups is 3. The number of aliphatic carboxylic acids is 1. The molecule has 0 saturated heterocycles. The van der Waals surface area contributed by atoms with Crippen LogP contribution in [0.2, 0.25) is 5.02 Å². The molecular formula is C23H26ClN3O7. The van der Waals surface area contributed by atoms with Crippen molar-refractivity contribution < 1.29 is 30.0 Å². The van der Waals surface area contributed by atoms with E-state index in [1.54, 1.807) is 36.4 Å². The van der Waals surface area contributed by atoms with Gasteiger partial charge in [0.1, 0.15) is 6.04 Å². The molecule has 1 amide bonds. The van der Waals surface area contributed by atoms with Crippen LogP contribution in [0.1, 0.15) is 15.9 Å². The Kier molecular flexibility index (Phi) is 9.72. The molecule has 0 aliphatic rings. The van der Waals surface area contributed by atoms with E-state index < -0.39 is 43.3 Å². The van der Waals surface area contributed by atoms with Gasteiger partial charge in [-0.25, -0.2) is 4.79 Å². The van der Waals surface area contributed by atoms with Crippen molar-refractivity contribution in [1.82, 2.24) is 10.3 Å². The highest BCUT2D eigenvalue weighted by molar-refractivity contribution is 6.30. The van der Waals surface area contributed by atoms with Gasteiger partial charge in [0, 0.05) is 34.0 Å². The van der Waals surface area contributed by atoms with Crippen molar-refractivity contribution in [2.24, 2.45) is 5.73 Å². The molecular weight excluding hydrogens is 466 g/mol. The van der Waals surface area contributed by atoms with Gasteiger partial charge in [-0.15, -0.1) is 0 Å². The molecule has 0 aliphatic heterocycles. The number of aromatic nitrogens is 1. The van der Waals surface area contributed by atoms with Crippen LogP contribution in [0.15, 0.2) is 59.4 Å². The highest BCUT2D eigenvalue weighted by atomic mass is 35.5. The van der Waals surface area contributed by atoms with Gasteiger partial charge in [-0.05, 0) is 35.9 Å². The van der Waals surface area contributed by atoms with Crippen molar-refractivity contribution in [3.8, 4) is 0 Å². The first-order chi connectivity index (χ1) is 16.1. The molecule has 34 heavy (non-hydrogen) atoms. The van der Waals surface area contributed by atoms with Crippen LogP contribution in [0.25, 0.3) is 10.9 Å². The van der Waals surface area contributed by atoms with E-state index in [0.717, 1.165) is 5.39 Å². The highest BCUT2D eigenvalue weighted by Gasteiger charge is 2.22. The second-order valence-corrected chi connectivity index (χ2v) is 8.05. The SMILES string of the molecule is NC(CO)(CO)CO.O=C(NC(Cc1cc(=O)[nH]c2ccccc12)C(=O)O)c1ccc(Cl)cc1. The maximum absolute atomic E-state index is 12.3. The van der Waals surface area contributed by atoms with Gasteiger partial charge in [0.2, 0.25) is 5.56 Å². The number of rotatable bonds is 8. The van der Waals surface area contributed by atoms with Crippen LogP contribution in [0.5, 0.6) is 0 Å². The molecule has 1 unspecified atom stereocenters. The number of carbonyl (C=O) groups excluding carboxylic acids is 1. The molecule has 8 N–H and O–H groups in total. The third-order valence-electron chi connectivity index (χ3n) is 4.91. The van der Waals surface area contributed by atoms with Gasteiger partial charge in [-0.2, -0.15) is 0 Å². The molecule has 0 radical (unpaired) electrons. The molecule has 2 aromatic carbocycles. The van der Waals surface area contributed by atoms with E-state index in [0.29, 0.717) is 21.7 Å². The number of para-hydroxylation sites is 1. The molecule has 10 nitrogen and oxygen atoms in total. The van der Waals surface area contributed by atoms with Crippen molar-refractivity contribution in [2.45, 2.75) is 18.0 Å². The van der Waals surface area contributed by atoms with Gasteiger partial charge in [0.05, 0.1) is 25.4 Å². The third kappa shape index (κ3) is 7.37. The number of fused-ring (bicyclic) bond motifs is 1. The smallest absolute Gasteiger partial charge is 0.326 e. The van der Waals surface area contributed by atoms with Crippen LogP contribution >= 0.6 is 11.6 Å². The molecule has 3 aromatic rings. The van der Waals surface area contributed by atoms with Crippen LogP contribution in [0, 0.1) is 0 Å². The molecule has 11 heteroatoms. The minimum absolute atomic E-state index is 0.0148. The summed E-state index contributed by atoms with van der Waals surface area (Å²) in [6.07, 6.45) is -0.0148. The predicted molar refractivity (Wildman–Crippen MR) is 127 cm³/mol. The number of carbonyl (C=O) groups is 2. The molecule has 182 valence electrons. The number of nitrogens with one attached hydrogen (secondary N) is 2. The number of pyridine rings is 1. The number of nitrogens with two attached hydrogens (primary N) is 1. The van der Waals surface area contributed by atoms with Gasteiger partial charge in [-0.1, -0.05) is 29.8 Å². The average molecular weight is 492 g/mol. The zero-order valence-corrected chi connectivity index (χ0v) is 18.8. The summed E-state index contributed by atoms with van der Waals surface area (Å²) in [6, 6.07) is 13.4. The monoisotopic (exact) mass is 491 g/mol. The molecule has 1 heterocycles. The van der Waals surface area contributed by atoms with Crippen LogP contribution < -0.4 is 16.6 Å². The van der Waals surface area contributed by atoms with Crippen molar-refractivity contribution >= 4 is 34.4 Å². The summed E-state index contributed by atoms with van der Waals surface area (Å²) >= 11 is 5.79. The van der Waals surface area contributed by atoms with E-state index in [4.69, 9.17) is 32.7 Å². The van der Waals surface area contributed by atoms with Crippen LogP contribution in [-0.2, 0) is 11.2 Å². The Morgan fingerprint density at radius 1 is 1.03 bits per heavy atom. The van der Waals surface area contributed by atoms with E-state index in [9.17, 15) is 19.5 Å². The number of H-pyrrole nitrogens is 1. The molecule has 0 bridgehead atoms. The summed E-state index contributed by atoms with van der Waals surface area (Å²) < 4.78 is 0. The number of benzene rings is 2. The Balaban J connectivity index is 0.000000440. The lowest BCUT2D eigenvalue weighted by Gasteiger charge is -2.20. The van der Waals surface area contributed by atoms with Crippen molar-refractivity contribution in [2.75, 3.05) is 19.8 Å². The lowest BCUT2D eigenvalue weighted by molar-refractivity contribution is -0.139. The molecule has 3 rings (SSSR count). The fourth-order valence-electron chi connectivity index (χ4n) is 2.86. The largest absolute Gasteiger partial charge is 0.480 e. The number of aromatic amines is 1. The first-order valence-corrected chi connectivity index (χ1v) is 10.5. The van der Waals surface area contributed by atoms with Crippen LogP contribution in [0.3, 0.4) is 0 Å². The predicted octanol–water partition coefficient (Wildman–Crippen LogP) is 0.268. The molecule has 0 aliphatic carbocycles. The first-order valence-electron chi connectivity index (χ1n) is 10.1. The molecule has 0 fully saturated rings. The Morgan fingerprint density at radius 2 is 1.62 bits per heavy atom. The van der Waals surface area contributed by atoms with E-state index in [1.165, 1.54) is 18.2 Å². The highest BCUT2D eigenvalue weighted by Crippen LogP contribution is 2.17. The Labute approximate surface area is 199 Å². The maximum Gasteiger partial charge on any atom is 0.326 e. The number of hydrogen-bond acceptors (Lipinski definition) is 7. The maximum atomic E-state index is 12.3. The zero-order chi connectivity index (χ0) is 25.3. The number of halogens is 1. The molecule has 0 saturated carbocycles. The summed E-state index contributed by atoms with van der Waals surface area (Å²) in [6.45, 7) is -1.21. The van der Waals surface area contributed by atoms with Gasteiger partial charge < -0.3 is 36.5 Å². The Bertz CT molecular complexity index is 1170. The number of carboxylic acids is 1. The van der Waals surface area contributed by atoms with E-state index in [1.807, 2.05) is 0 Å². The standard InChI is InChI=1S/C19H15ClN2O4.C4H11NO3/c20-13-7-5-11(6-8-13)18(24)22-16(19(25)26)9-12-10-17(23)21-15-4-2-1-3-14(12)15;5-4(1-6,2-7)3-8/h1-8,10,16H,9H2,(H,21,23)(H,22,24)(H,25,26);6-8H,1-3,5H2. The van der Waals surface area contributed by atoms with Gasteiger partial charge >= 0.3 is 5.97 Å². The topological polar surface area (TPSA) is 186 Å². The number of hydrogen-bond donors (Lipinski definition) is 7. The second kappa shape index (κ2) is 12.3. The number of carboxylic acid groups (broad SMARTS) is 1. The van der Waals surface area contributed by atoms with Gasteiger partial charge in [0.25, 0.3) is 5.91 Å². The molecule has 1 aromatic heterocycles. The minimum atomic E-state index is -1.21. The quantitative estimate of drug-likeness (QED) is 0.234. The fourth-order valence-corrected chi connectivity index (χ4v) is 2.98. The number of amides is 1. The summed E-state index contributed by atoms with van der Waals surface area (Å²) in [5.41, 5.74) is 5.08. The molecule has 1 atom stereocenters. The van der Waals surface area contributed by atoms with Crippen molar-refractivity contribution in [3.63, 3.8) is 0 Å². The van der Waals surface area contributed by atoms with E-state index in [2.05, 4.69) is 10.3 Å². The van der Waals surface area contributed by atoms with Crippen molar-refractivity contribution in [1.29, 1.82) is 0 Å². The zero-order valence-electron chi connectivity index (χ0n) is 18.1. The second-order valence-electron chi connectivity index (χ2n) is 7.62. The summed E-state index contributed by atoms with van der Waals surface area (Å²) in [5.74, 6) is -1.71. The number of aliphatic hydroxyl groups excluding tert-OH is 3. The van der Waals surface area contributed by atoms with Crippen molar-refractivity contribution in [3.05, 3.63) is 81.1 Å². The summed E-state index contributed by atoms with van der Waals surface area (Å²) in [5, 5.41) is 38.2. The average Bonchev–Trinajstić information content (AvgIpc) is 2.83. The lowest BCUT2D eigenvalue weighted by atomic mass is 10.0. The van der Waals surface area contributed by atoms with Crippen LogP contribution in [0.4, 0.5) is 0 Å². The Morgan fingerprint density at radius 3 is 2.15 bits per heavy atom. The molecule has 0 spiro atoms. The van der Waals surface area contributed by atoms with Gasteiger partial charge in [-0.3, -0.25) is 9.59 Å².